The Morgan fingerprint density at radius 2 is 1.97 bits per heavy atom. The van der Waals surface area contributed by atoms with Crippen molar-refractivity contribution >= 4 is 29.2 Å². The number of aliphatic hydroxyl groups is 1. The van der Waals surface area contributed by atoms with Gasteiger partial charge in [0.2, 0.25) is 5.95 Å². The van der Waals surface area contributed by atoms with E-state index in [1.54, 1.807) is 6.07 Å². The van der Waals surface area contributed by atoms with Gasteiger partial charge in [0, 0.05) is 10.6 Å². The maximum absolute atomic E-state index is 13.5. The number of amides is 1. The average Bonchev–Trinajstić information content (AvgIpc) is 3.21. The molecular formula is C20H13ClF3N5O4. The Morgan fingerprint density at radius 1 is 1.27 bits per heavy atom. The maximum atomic E-state index is 13.5. The standard InChI is InChI=1S/C20H13ClF3N5O4/c1-9-13(7-27-33-9)16(30)12(6-25)19(31)29-20-26-8-14(32-18(24)17(22)23)15(28-20)10-2-4-11(21)5-3-10/h2-5,7-8,17-18,30H,1H3,(H,26,28,29,31)/b16-12-. The minimum Gasteiger partial charge on any atom is -0.506 e. The van der Waals surface area contributed by atoms with Gasteiger partial charge >= 0.3 is 6.43 Å². The number of nitrogens with one attached hydrogen (secondary N) is 1. The van der Waals surface area contributed by atoms with Crippen molar-refractivity contribution in [2.45, 2.75) is 19.7 Å². The highest BCUT2D eigenvalue weighted by Gasteiger charge is 2.25. The molecule has 1 aromatic carbocycles. The van der Waals surface area contributed by atoms with Gasteiger partial charge in [-0.2, -0.15) is 9.65 Å². The molecule has 3 aromatic rings. The number of benzene rings is 1. The lowest BCUT2D eigenvalue weighted by Gasteiger charge is -2.14. The Bertz CT molecular complexity index is 1240. The van der Waals surface area contributed by atoms with E-state index in [1.165, 1.54) is 31.2 Å². The Balaban J connectivity index is 1.97. The van der Waals surface area contributed by atoms with E-state index in [0.717, 1.165) is 12.4 Å². The van der Waals surface area contributed by atoms with Crippen molar-refractivity contribution in [1.82, 2.24) is 15.1 Å². The van der Waals surface area contributed by atoms with Crippen LogP contribution in [-0.4, -0.2) is 38.9 Å². The predicted molar refractivity (Wildman–Crippen MR) is 109 cm³/mol. The van der Waals surface area contributed by atoms with E-state index >= 15 is 0 Å². The van der Waals surface area contributed by atoms with Crippen LogP contribution in [0, 0.1) is 18.3 Å². The zero-order chi connectivity index (χ0) is 24.1. The van der Waals surface area contributed by atoms with E-state index < -0.39 is 35.8 Å². The van der Waals surface area contributed by atoms with Crippen LogP contribution >= 0.6 is 11.6 Å². The zero-order valence-electron chi connectivity index (χ0n) is 16.6. The summed E-state index contributed by atoms with van der Waals surface area (Å²) >= 11 is 5.85. The highest BCUT2D eigenvalue weighted by Crippen LogP contribution is 2.31. The average molecular weight is 480 g/mol. The lowest BCUT2D eigenvalue weighted by Crippen LogP contribution is -2.21. The van der Waals surface area contributed by atoms with Crippen LogP contribution in [0.3, 0.4) is 0 Å². The van der Waals surface area contributed by atoms with Crippen LogP contribution in [0.5, 0.6) is 5.75 Å². The molecule has 0 aliphatic heterocycles. The van der Waals surface area contributed by atoms with Gasteiger partial charge in [0.1, 0.15) is 17.5 Å². The van der Waals surface area contributed by atoms with Crippen molar-refractivity contribution in [1.29, 1.82) is 5.26 Å². The fourth-order valence-corrected chi connectivity index (χ4v) is 2.67. The van der Waals surface area contributed by atoms with Gasteiger partial charge in [0.15, 0.2) is 17.1 Å². The van der Waals surface area contributed by atoms with Crippen LogP contribution in [-0.2, 0) is 4.79 Å². The normalized spacial score (nSPS) is 12.6. The summed E-state index contributed by atoms with van der Waals surface area (Å²) in [4.78, 5) is 20.3. The summed E-state index contributed by atoms with van der Waals surface area (Å²) in [5.74, 6) is -2.42. The van der Waals surface area contributed by atoms with E-state index in [2.05, 4.69) is 25.2 Å². The molecule has 0 saturated carbocycles. The van der Waals surface area contributed by atoms with Crippen LogP contribution in [0.1, 0.15) is 11.3 Å². The van der Waals surface area contributed by atoms with E-state index in [1.807, 2.05) is 0 Å². The quantitative estimate of drug-likeness (QED) is 0.288. The summed E-state index contributed by atoms with van der Waals surface area (Å²) in [7, 11) is 0. The topological polar surface area (TPSA) is 134 Å². The number of carbonyl (C=O) groups is 1. The fourth-order valence-electron chi connectivity index (χ4n) is 2.54. The van der Waals surface area contributed by atoms with Gasteiger partial charge in [-0.05, 0) is 19.1 Å². The first kappa shape index (κ1) is 23.6. The summed E-state index contributed by atoms with van der Waals surface area (Å²) in [6.07, 6.45) is -4.37. The molecule has 1 atom stereocenters. The molecule has 170 valence electrons. The van der Waals surface area contributed by atoms with Gasteiger partial charge in [-0.15, -0.1) is 0 Å². The van der Waals surface area contributed by atoms with Crippen molar-refractivity contribution in [3.05, 3.63) is 58.6 Å². The Morgan fingerprint density at radius 3 is 2.55 bits per heavy atom. The number of nitriles is 1. The largest absolute Gasteiger partial charge is 0.506 e. The lowest BCUT2D eigenvalue weighted by atomic mass is 10.1. The molecule has 0 aliphatic rings. The number of rotatable bonds is 7. The summed E-state index contributed by atoms with van der Waals surface area (Å²) in [5, 5.41) is 25.6. The number of aliphatic hydroxyl groups excluding tert-OH is 1. The number of aromatic nitrogens is 3. The van der Waals surface area contributed by atoms with Gasteiger partial charge in [-0.25, -0.2) is 18.7 Å². The van der Waals surface area contributed by atoms with Gasteiger partial charge in [-0.3, -0.25) is 10.1 Å². The molecule has 2 heterocycles. The van der Waals surface area contributed by atoms with Gasteiger partial charge in [-0.1, -0.05) is 28.9 Å². The van der Waals surface area contributed by atoms with Gasteiger partial charge < -0.3 is 14.4 Å². The number of carbonyl (C=O) groups excluding carboxylic acids is 1. The molecule has 2 N–H and O–H groups in total. The minimum absolute atomic E-state index is 0.0224. The SMILES string of the molecule is Cc1oncc1/C(O)=C(\C#N)C(=O)Nc1ncc(OC(F)C(F)F)c(-c2ccc(Cl)cc2)n1. The monoisotopic (exact) mass is 479 g/mol. The van der Waals surface area contributed by atoms with E-state index in [9.17, 15) is 28.3 Å². The smallest absolute Gasteiger partial charge is 0.304 e. The van der Waals surface area contributed by atoms with Crippen molar-refractivity contribution in [3.8, 4) is 23.1 Å². The first-order chi connectivity index (χ1) is 15.7. The van der Waals surface area contributed by atoms with E-state index in [4.69, 9.17) is 16.1 Å². The third-order valence-electron chi connectivity index (χ3n) is 4.12. The predicted octanol–water partition coefficient (Wildman–Crippen LogP) is 4.46. The zero-order valence-corrected chi connectivity index (χ0v) is 17.3. The van der Waals surface area contributed by atoms with Crippen molar-refractivity contribution in [2.24, 2.45) is 0 Å². The second kappa shape index (κ2) is 10.0. The van der Waals surface area contributed by atoms with Crippen LogP contribution in [0.25, 0.3) is 17.0 Å². The van der Waals surface area contributed by atoms with Gasteiger partial charge in [0.05, 0.1) is 18.0 Å². The molecule has 1 amide bonds. The molecular weight excluding hydrogens is 467 g/mol. The summed E-state index contributed by atoms with van der Waals surface area (Å²) in [5.41, 5.74) is -0.524. The fraction of sp³-hybridized carbons (Fsp3) is 0.150. The molecule has 33 heavy (non-hydrogen) atoms. The maximum Gasteiger partial charge on any atom is 0.304 e. The van der Waals surface area contributed by atoms with Crippen molar-refractivity contribution in [3.63, 3.8) is 0 Å². The molecule has 13 heteroatoms. The molecule has 9 nitrogen and oxygen atoms in total. The first-order valence-corrected chi connectivity index (χ1v) is 9.37. The highest BCUT2D eigenvalue weighted by atomic mass is 35.5. The van der Waals surface area contributed by atoms with Crippen molar-refractivity contribution in [2.75, 3.05) is 5.32 Å². The Labute approximate surface area is 189 Å². The number of hydrogen-bond donors (Lipinski definition) is 2. The number of anilines is 1. The molecule has 0 spiro atoms. The lowest BCUT2D eigenvalue weighted by molar-refractivity contribution is -0.112. The molecule has 0 fully saturated rings. The Hall–Kier alpha value is -4.11. The van der Waals surface area contributed by atoms with Crippen LogP contribution in [0.15, 0.2) is 46.8 Å². The molecule has 2 aromatic heterocycles. The molecule has 3 rings (SSSR count). The second-order valence-electron chi connectivity index (χ2n) is 6.30. The summed E-state index contributed by atoms with van der Waals surface area (Å²) in [6, 6.07) is 7.41. The molecule has 1 unspecified atom stereocenters. The van der Waals surface area contributed by atoms with Crippen molar-refractivity contribution < 1.29 is 32.3 Å². The number of aryl methyl sites for hydroxylation is 1. The summed E-state index contributed by atoms with van der Waals surface area (Å²) in [6.45, 7) is 1.46. The molecule has 0 saturated heterocycles. The van der Waals surface area contributed by atoms with Gasteiger partial charge in [0.25, 0.3) is 12.3 Å². The number of hydrogen-bond acceptors (Lipinski definition) is 8. The number of ether oxygens (including phenoxy) is 1. The number of alkyl halides is 3. The highest BCUT2D eigenvalue weighted by molar-refractivity contribution is 6.30. The van der Waals surface area contributed by atoms with Crippen LogP contribution in [0.4, 0.5) is 19.1 Å². The molecule has 0 radical (unpaired) electrons. The van der Waals surface area contributed by atoms with E-state index in [-0.39, 0.29) is 28.5 Å². The van der Waals surface area contributed by atoms with Crippen LogP contribution < -0.4 is 10.1 Å². The Kier molecular flexibility index (Phi) is 7.14. The van der Waals surface area contributed by atoms with Crippen LogP contribution in [0.2, 0.25) is 5.02 Å². The molecule has 0 bridgehead atoms. The third kappa shape index (κ3) is 5.39. The first-order valence-electron chi connectivity index (χ1n) is 8.99. The minimum atomic E-state index is -3.42. The van der Waals surface area contributed by atoms with E-state index in [0.29, 0.717) is 5.02 Å². The molecule has 0 aliphatic carbocycles. The third-order valence-corrected chi connectivity index (χ3v) is 4.37. The number of halogens is 4. The number of nitrogens with zero attached hydrogens (tertiary/aromatic N) is 4. The summed E-state index contributed by atoms with van der Waals surface area (Å²) < 4.78 is 48.1. The second-order valence-corrected chi connectivity index (χ2v) is 6.74.